The second-order valence-corrected chi connectivity index (χ2v) is 5.81. The molecule has 0 bridgehead atoms. The number of nitrogens with two attached hydrogens (primary N) is 1. The molecular formula is C11H18N2O3S. The third-order valence-corrected chi connectivity index (χ3v) is 4.34. The Hall–Kier alpha value is -1.11. The molecule has 4 N–H and O–H groups in total. The second kappa shape index (κ2) is 5.03. The number of rotatable bonds is 4. The summed E-state index contributed by atoms with van der Waals surface area (Å²) < 4.78 is 26.4. The lowest BCUT2D eigenvalue weighted by molar-refractivity contribution is 0.265. The summed E-state index contributed by atoms with van der Waals surface area (Å²) in [6.45, 7) is 4.83. The minimum atomic E-state index is -3.63. The molecule has 1 aromatic carbocycles. The highest BCUT2D eigenvalue weighted by atomic mass is 32.2. The van der Waals surface area contributed by atoms with Crippen LogP contribution >= 0.6 is 0 Å². The van der Waals surface area contributed by atoms with E-state index in [1.165, 1.54) is 6.07 Å². The lowest BCUT2D eigenvalue weighted by atomic mass is 10.1. The standard InChI is InChI=1S/C11H18N2O3S/c1-7-4-5-10(9(3)11(7)12)17(15,16)13-8(2)6-14/h4-5,8,13-14H,6,12H2,1-3H3/t8-/m1/s1. The summed E-state index contributed by atoms with van der Waals surface area (Å²) in [7, 11) is -3.63. The number of anilines is 1. The van der Waals surface area contributed by atoms with Gasteiger partial charge in [0.2, 0.25) is 10.0 Å². The first-order valence-corrected chi connectivity index (χ1v) is 6.76. The van der Waals surface area contributed by atoms with Crippen LogP contribution in [0, 0.1) is 13.8 Å². The molecule has 0 aromatic heterocycles. The number of nitrogens with one attached hydrogen (secondary N) is 1. The van der Waals surface area contributed by atoms with Gasteiger partial charge < -0.3 is 10.8 Å². The van der Waals surface area contributed by atoms with Crippen LogP contribution in [0.25, 0.3) is 0 Å². The highest BCUT2D eigenvalue weighted by Crippen LogP contribution is 2.23. The molecule has 0 aliphatic heterocycles. The van der Waals surface area contributed by atoms with E-state index >= 15 is 0 Å². The topological polar surface area (TPSA) is 92.4 Å². The minimum Gasteiger partial charge on any atom is -0.398 e. The van der Waals surface area contributed by atoms with Gasteiger partial charge in [-0.15, -0.1) is 0 Å². The molecular weight excluding hydrogens is 240 g/mol. The predicted octanol–water partition coefficient (Wildman–Crippen LogP) is 0.545. The monoisotopic (exact) mass is 258 g/mol. The molecule has 0 amide bonds. The van der Waals surface area contributed by atoms with Crippen LogP contribution in [0.4, 0.5) is 5.69 Å². The zero-order chi connectivity index (χ0) is 13.2. The van der Waals surface area contributed by atoms with Crippen molar-refractivity contribution in [1.29, 1.82) is 0 Å². The summed E-state index contributed by atoms with van der Waals surface area (Å²) in [6, 6.07) is 2.66. The Morgan fingerprint density at radius 1 is 1.41 bits per heavy atom. The molecule has 0 radical (unpaired) electrons. The number of hydrogen-bond donors (Lipinski definition) is 3. The van der Waals surface area contributed by atoms with Gasteiger partial charge in [-0.3, -0.25) is 0 Å². The first-order valence-electron chi connectivity index (χ1n) is 5.28. The fraction of sp³-hybridized carbons (Fsp3) is 0.455. The maximum absolute atomic E-state index is 12.0. The molecule has 0 unspecified atom stereocenters. The largest absolute Gasteiger partial charge is 0.398 e. The number of nitrogen functional groups attached to an aromatic ring is 1. The van der Waals surface area contributed by atoms with Gasteiger partial charge in [0.15, 0.2) is 0 Å². The van der Waals surface area contributed by atoms with E-state index in [1.54, 1.807) is 19.9 Å². The van der Waals surface area contributed by atoms with Crippen LogP contribution in [0.5, 0.6) is 0 Å². The van der Waals surface area contributed by atoms with Gasteiger partial charge in [-0.05, 0) is 38.0 Å². The number of sulfonamides is 1. The van der Waals surface area contributed by atoms with Crippen LogP contribution < -0.4 is 10.5 Å². The van der Waals surface area contributed by atoms with Crippen molar-refractivity contribution in [1.82, 2.24) is 4.72 Å². The maximum atomic E-state index is 12.0. The first kappa shape index (κ1) is 14.0. The number of benzene rings is 1. The number of aliphatic hydroxyl groups is 1. The molecule has 0 saturated heterocycles. The average Bonchev–Trinajstić information content (AvgIpc) is 2.24. The van der Waals surface area contributed by atoms with Crippen molar-refractivity contribution < 1.29 is 13.5 Å². The van der Waals surface area contributed by atoms with Gasteiger partial charge >= 0.3 is 0 Å². The van der Waals surface area contributed by atoms with Gasteiger partial charge in [0.25, 0.3) is 0 Å². The van der Waals surface area contributed by atoms with Crippen molar-refractivity contribution >= 4 is 15.7 Å². The summed E-state index contributed by atoms with van der Waals surface area (Å²) in [4.78, 5) is 0.154. The van der Waals surface area contributed by atoms with E-state index in [2.05, 4.69) is 4.72 Å². The van der Waals surface area contributed by atoms with E-state index in [0.717, 1.165) is 5.56 Å². The fourth-order valence-corrected chi connectivity index (χ4v) is 2.99. The molecule has 6 heteroatoms. The summed E-state index contributed by atoms with van der Waals surface area (Å²) in [5.74, 6) is 0. The quantitative estimate of drug-likeness (QED) is 0.687. The normalized spacial score (nSPS) is 13.6. The Balaban J connectivity index is 3.21. The van der Waals surface area contributed by atoms with Crippen LogP contribution in [0.1, 0.15) is 18.1 Å². The lowest BCUT2D eigenvalue weighted by Crippen LogP contribution is -2.35. The molecule has 1 atom stereocenters. The van der Waals surface area contributed by atoms with Gasteiger partial charge in [0.05, 0.1) is 11.5 Å². The SMILES string of the molecule is Cc1ccc(S(=O)(=O)N[C@H](C)CO)c(C)c1N. The van der Waals surface area contributed by atoms with Crippen LogP contribution in [-0.4, -0.2) is 26.2 Å². The van der Waals surface area contributed by atoms with E-state index in [0.29, 0.717) is 11.3 Å². The van der Waals surface area contributed by atoms with Gasteiger partial charge in [0.1, 0.15) is 0 Å². The number of aliphatic hydroxyl groups excluding tert-OH is 1. The Morgan fingerprint density at radius 3 is 2.53 bits per heavy atom. The number of aryl methyl sites for hydroxylation is 1. The summed E-state index contributed by atoms with van der Waals surface area (Å²) in [5.41, 5.74) is 7.65. The smallest absolute Gasteiger partial charge is 0.241 e. The van der Waals surface area contributed by atoms with E-state index in [4.69, 9.17) is 10.8 Å². The molecule has 0 spiro atoms. The summed E-state index contributed by atoms with van der Waals surface area (Å²) in [5, 5.41) is 8.86. The molecule has 96 valence electrons. The van der Waals surface area contributed by atoms with Crippen molar-refractivity contribution in [2.24, 2.45) is 0 Å². The average molecular weight is 258 g/mol. The van der Waals surface area contributed by atoms with Crippen molar-refractivity contribution in [2.45, 2.75) is 31.7 Å². The molecule has 0 aliphatic carbocycles. The van der Waals surface area contributed by atoms with Gasteiger partial charge in [-0.1, -0.05) is 6.07 Å². The lowest BCUT2D eigenvalue weighted by Gasteiger charge is -2.15. The molecule has 0 heterocycles. The maximum Gasteiger partial charge on any atom is 0.241 e. The Labute approximate surface area is 102 Å². The van der Waals surface area contributed by atoms with E-state index in [-0.39, 0.29) is 11.5 Å². The van der Waals surface area contributed by atoms with Crippen molar-refractivity contribution in [3.8, 4) is 0 Å². The predicted molar refractivity (Wildman–Crippen MR) is 67.2 cm³/mol. The van der Waals surface area contributed by atoms with E-state index < -0.39 is 16.1 Å². The first-order chi connectivity index (χ1) is 7.79. The highest BCUT2D eigenvalue weighted by Gasteiger charge is 2.20. The zero-order valence-corrected chi connectivity index (χ0v) is 11.0. The van der Waals surface area contributed by atoms with Gasteiger partial charge in [0, 0.05) is 11.7 Å². The molecule has 1 rings (SSSR count). The third kappa shape index (κ3) is 2.96. The Bertz CT molecular complexity index is 512. The Kier molecular flexibility index (Phi) is 4.13. The fourth-order valence-electron chi connectivity index (χ4n) is 1.50. The van der Waals surface area contributed by atoms with Crippen molar-refractivity contribution in [2.75, 3.05) is 12.3 Å². The number of hydrogen-bond acceptors (Lipinski definition) is 4. The molecule has 17 heavy (non-hydrogen) atoms. The van der Waals surface area contributed by atoms with Crippen LogP contribution in [0.3, 0.4) is 0 Å². The zero-order valence-electron chi connectivity index (χ0n) is 10.2. The Morgan fingerprint density at radius 2 is 2.00 bits per heavy atom. The molecule has 0 fully saturated rings. The van der Waals surface area contributed by atoms with Crippen LogP contribution in [0.2, 0.25) is 0 Å². The van der Waals surface area contributed by atoms with Crippen molar-refractivity contribution in [3.05, 3.63) is 23.3 Å². The van der Waals surface area contributed by atoms with E-state index in [9.17, 15) is 8.42 Å². The molecule has 0 saturated carbocycles. The van der Waals surface area contributed by atoms with E-state index in [1.807, 2.05) is 6.92 Å². The van der Waals surface area contributed by atoms with Crippen LogP contribution in [-0.2, 0) is 10.0 Å². The molecule has 0 aliphatic rings. The van der Waals surface area contributed by atoms with Gasteiger partial charge in [-0.25, -0.2) is 13.1 Å². The van der Waals surface area contributed by atoms with Crippen molar-refractivity contribution in [3.63, 3.8) is 0 Å². The van der Waals surface area contributed by atoms with Gasteiger partial charge in [-0.2, -0.15) is 0 Å². The minimum absolute atomic E-state index is 0.154. The summed E-state index contributed by atoms with van der Waals surface area (Å²) in [6.07, 6.45) is 0. The summed E-state index contributed by atoms with van der Waals surface area (Å²) >= 11 is 0. The molecule has 1 aromatic rings. The second-order valence-electron chi connectivity index (χ2n) is 4.12. The highest BCUT2D eigenvalue weighted by molar-refractivity contribution is 7.89. The molecule has 5 nitrogen and oxygen atoms in total. The van der Waals surface area contributed by atoms with Crippen LogP contribution in [0.15, 0.2) is 17.0 Å². The third-order valence-electron chi connectivity index (χ3n) is 2.60.